The minimum absolute atomic E-state index is 0.172. The molecule has 0 radical (unpaired) electrons. The summed E-state index contributed by atoms with van der Waals surface area (Å²) in [5, 5.41) is 2.97. The van der Waals surface area contributed by atoms with Crippen LogP contribution in [-0.4, -0.2) is 33.0 Å². The molecule has 4 aliphatic carbocycles. The smallest absolute Gasteiger partial charge is 0.220 e. The zero-order valence-corrected chi connectivity index (χ0v) is 12.7. The molecular weight excluding hydrogens is 254 g/mol. The number of amides is 1. The summed E-state index contributed by atoms with van der Waals surface area (Å²) in [4.78, 5) is 12.2. The van der Waals surface area contributed by atoms with E-state index < -0.39 is 0 Å². The minimum atomic E-state index is -0.338. The molecule has 4 nitrogen and oxygen atoms in total. The standard InChI is InChI=1S/C16H27NO3/c1-19-15(20-2)10-17-14(18)9-16-6-11-3-12(7-16)5-13(4-11)8-16/h11-13,15H,3-10H2,1-2H3,(H,17,18). The fourth-order valence-corrected chi connectivity index (χ4v) is 5.37. The first-order chi connectivity index (χ1) is 9.62. The van der Waals surface area contributed by atoms with Crippen molar-refractivity contribution in [2.24, 2.45) is 23.2 Å². The van der Waals surface area contributed by atoms with E-state index in [4.69, 9.17) is 9.47 Å². The van der Waals surface area contributed by atoms with Gasteiger partial charge in [0, 0.05) is 20.6 Å². The van der Waals surface area contributed by atoms with Crippen LogP contribution in [0.3, 0.4) is 0 Å². The molecule has 1 N–H and O–H groups in total. The van der Waals surface area contributed by atoms with Crippen LogP contribution in [0.5, 0.6) is 0 Å². The summed E-state index contributed by atoms with van der Waals surface area (Å²) >= 11 is 0. The molecule has 0 saturated heterocycles. The maximum Gasteiger partial charge on any atom is 0.220 e. The van der Waals surface area contributed by atoms with Crippen molar-refractivity contribution in [3.63, 3.8) is 0 Å². The third kappa shape index (κ3) is 2.86. The van der Waals surface area contributed by atoms with E-state index in [1.165, 1.54) is 38.5 Å². The fraction of sp³-hybridized carbons (Fsp3) is 0.938. The second-order valence-electron chi connectivity index (χ2n) is 7.30. The molecule has 4 bridgehead atoms. The highest BCUT2D eigenvalue weighted by Crippen LogP contribution is 2.61. The summed E-state index contributed by atoms with van der Waals surface area (Å²) in [6.07, 6.45) is 8.49. The number of methoxy groups -OCH3 is 2. The zero-order chi connectivity index (χ0) is 14.2. The van der Waals surface area contributed by atoms with E-state index in [2.05, 4.69) is 5.32 Å². The Morgan fingerprint density at radius 1 is 1.10 bits per heavy atom. The molecular formula is C16H27NO3. The van der Waals surface area contributed by atoms with Gasteiger partial charge in [-0.2, -0.15) is 0 Å². The Balaban J connectivity index is 1.53. The second-order valence-corrected chi connectivity index (χ2v) is 7.30. The normalized spacial score (nSPS) is 38.5. The van der Waals surface area contributed by atoms with Crippen LogP contribution in [0.4, 0.5) is 0 Å². The molecule has 0 unspecified atom stereocenters. The molecule has 20 heavy (non-hydrogen) atoms. The van der Waals surface area contributed by atoms with Gasteiger partial charge in [-0.25, -0.2) is 0 Å². The molecule has 0 atom stereocenters. The van der Waals surface area contributed by atoms with Crippen molar-refractivity contribution in [1.82, 2.24) is 5.32 Å². The van der Waals surface area contributed by atoms with E-state index in [9.17, 15) is 4.79 Å². The largest absolute Gasteiger partial charge is 0.354 e. The van der Waals surface area contributed by atoms with E-state index in [-0.39, 0.29) is 12.2 Å². The van der Waals surface area contributed by atoms with Crippen LogP contribution in [0.25, 0.3) is 0 Å². The van der Waals surface area contributed by atoms with Crippen molar-refractivity contribution >= 4 is 5.91 Å². The van der Waals surface area contributed by atoms with Crippen molar-refractivity contribution in [3.8, 4) is 0 Å². The maximum absolute atomic E-state index is 12.2. The Hall–Kier alpha value is -0.610. The molecule has 4 saturated carbocycles. The van der Waals surface area contributed by atoms with Gasteiger partial charge in [0.25, 0.3) is 0 Å². The van der Waals surface area contributed by atoms with Crippen LogP contribution in [-0.2, 0) is 14.3 Å². The topological polar surface area (TPSA) is 47.6 Å². The Kier molecular flexibility index (Phi) is 4.04. The predicted molar refractivity (Wildman–Crippen MR) is 76.0 cm³/mol. The van der Waals surface area contributed by atoms with Crippen LogP contribution in [0.2, 0.25) is 0 Å². The van der Waals surface area contributed by atoms with E-state index in [1.54, 1.807) is 14.2 Å². The maximum atomic E-state index is 12.2. The second kappa shape index (κ2) is 5.64. The lowest BCUT2D eigenvalue weighted by Crippen LogP contribution is -2.48. The van der Waals surface area contributed by atoms with Gasteiger partial charge in [0.15, 0.2) is 6.29 Å². The molecule has 0 aliphatic heterocycles. The third-order valence-corrected chi connectivity index (χ3v) is 5.69. The molecule has 4 rings (SSSR count). The third-order valence-electron chi connectivity index (χ3n) is 5.69. The molecule has 0 spiro atoms. The molecule has 0 aromatic rings. The van der Waals surface area contributed by atoms with E-state index in [0.717, 1.165) is 17.8 Å². The molecule has 4 fully saturated rings. The highest BCUT2D eigenvalue weighted by molar-refractivity contribution is 5.76. The molecule has 114 valence electrons. The number of nitrogens with one attached hydrogen (secondary N) is 1. The lowest BCUT2D eigenvalue weighted by molar-refractivity contribution is -0.134. The van der Waals surface area contributed by atoms with Crippen molar-refractivity contribution in [1.29, 1.82) is 0 Å². The minimum Gasteiger partial charge on any atom is -0.354 e. The lowest BCUT2D eigenvalue weighted by atomic mass is 9.49. The number of rotatable bonds is 6. The summed E-state index contributed by atoms with van der Waals surface area (Å²) in [7, 11) is 3.19. The van der Waals surface area contributed by atoms with E-state index >= 15 is 0 Å². The van der Waals surface area contributed by atoms with Crippen LogP contribution in [0, 0.1) is 23.2 Å². The van der Waals surface area contributed by atoms with Gasteiger partial charge in [0.05, 0.1) is 6.54 Å². The zero-order valence-electron chi connectivity index (χ0n) is 12.7. The first-order valence-electron chi connectivity index (χ1n) is 7.95. The summed E-state index contributed by atoms with van der Waals surface area (Å²) < 4.78 is 10.2. The van der Waals surface area contributed by atoms with Gasteiger partial charge in [-0.05, 0) is 61.7 Å². The molecule has 4 heteroatoms. The number of carbonyl (C=O) groups excluding carboxylic acids is 1. The Bertz CT molecular complexity index is 329. The summed E-state index contributed by atoms with van der Waals surface area (Å²) in [5.41, 5.74) is 0.314. The van der Waals surface area contributed by atoms with Gasteiger partial charge in [0.2, 0.25) is 5.91 Å². The van der Waals surface area contributed by atoms with Crippen molar-refractivity contribution in [3.05, 3.63) is 0 Å². The van der Waals surface area contributed by atoms with Crippen LogP contribution < -0.4 is 5.32 Å². The first-order valence-corrected chi connectivity index (χ1v) is 7.95. The number of ether oxygens (including phenoxy) is 2. The molecule has 1 amide bonds. The lowest BCUT2D eigenvalue weighted by Gasteiger charge is -2.56. The van der Waals surface area contributed by atoms with Gasteiger partial charge in [-0.1, -0.05) is 0 Å². The average Bonchev–Trinajstić information content (AvgIpc) is 2.37. The number of hydrogen-bond acceptors (Lipinski definition) is 3. The SMILES string of the molecule is COC(CNC(=O)CC12CC3CC(CC(C3)C1)C2)OC. The first kappa shape index (κ1) is 14.3. The summed E-state index contributed by atoms with van der Waals surface area (Å²) in [6, 6.07) is 0. The van der Waals surface area contributed by atoms with Gasteiger partial charge in [-0.3, -0.25) is 4.79 Å². The molecule has 0 heterocycles. The molecule has 0 aromatic heterocycles. The summed E-state index contributed by atoms with van der Waals surface area (Å²) in [6.45, 7) is 0.443. The summed E-state index contributed by atoms with van der Waals surface area (Å²) in [5.74, 6) is 2.88. The van der Waals surface area contributed by atoms with E-state index in [1.807, 2.05) is 0 Å². The monoisotopic (exact) mass is 281 g/mol. The Morgan fingerprint density at radius 2 is 1.60 bits per heavy atom. The Morgan fingerprint density at radius 3 is 2.05 bits per heavy atom. The highest BCUT2D eigenvalue weighted by Gasteiger charge is 2.51. The van der Waals surface area contributed by atoms with Gasteiger partial charge in [-0.15, -0.1) is 0 Å². The molecule has 4 aliphatic rings. The van der Waals surface area contributed by atoms with Crippen molar-refractivity contribution in [2.75, 3.05) is 20.8 Å². The Labute approximate surface area is 121 Å². The van der Waals surface area contributed by atoms with Crippen LogP contribution in [0.1, 0.15) is 44.9 Å². The number of carbonyl (C=O) groups is 1. The average molecular weight is 281 g/mol. The van der Waals surface area contributed by atoms with Gasteiger partial charge >= 0.3 is 0 Å². The van der Waals surface area contributed by atoms with Crippen LogP contribution >= 0.6 is 0 Å². The van der Waals surface area contributed by atoms with Gasteiger partial charge in [0.1, 0.15) is 0 Å². The van der Waals surface area contributed by atoms with Crippen molar-refractivity contribution < 1.29 is 14.3 Å². The number of hydrogen-bond donors (Lipinski definition) is 1. The molecule has 0 aromatic carbocycles. The quantitative estimate of drug-likeness (QED) is 0.760. The van der Waals surface area contributed by atoms with Crippen LogP contribution in [0.15, 0.2) is 0 Å². The fourth-order valence-electron chi connectivity index (χ4n) is 5.37. The predicted octanol–water partition coefficient (Wildman–Crippen LogP) is 2.33. The van der Waals surface area contributed by atoms with Crippen molar-refractivity contribution in [2.45, 2.75) is 51.2 Å². The highest BCUT2D eigenvalue weighted by atomic mass is 16.7. The van der Waals surface area contributed by atoms with E-state index in [0.29, 0.717) is 18.4 Å². The van der Waals surface area contributed by atoms with Gasteiger partial charge < -0.3 is 14.8 Å².